The Morgan fingerprint density at radius 1 is 1.50 bits per heavy atom. The zero-order valence-corrected chi connectivity index (χ0v) is 9.72. The molecule has 0 N–H and O–H groups in total. The molecule has 5 nitrogen and oxygen atoms in total. The van der Waals surface area contributed by atoms with Crippen LogP contribution in [0, 0.1) is 5.82 Å². The Bertz CT molecular complexity index is 587. The van der Waals surface area contributed by atoms with Crippen LogP contribution in [0.2, 0.25) is 0 Å². The molecule has 0 bridgehead atoms. The smallest absolute Gasteiger partial charge is 0.213 e. The molecule has 1 aliphatic heterocycles. The third kappa shape index (κ3) is 2.06. The van der Waals surface area contributed by atoms with E-state index >= 15 is 0 Å². The van der Waals surface area contributed by atoms with Gasteiger partial charge in [-0.15, -0.1) is 0 Å². The lowest BCUT2D eigenvalue weighted by Crippen LogP contribution is -2.07. The third-order valence-corrected chi connectivity index (χ3v) is 2.62. The zero-order valence-electron chi connectivity index (χ0n) is 9.72. The van der Waals surface area contributed by atoms with Crippen LogP contribution in [-0.2, 0) is 4.74 Å². The number of aromatic nitrogens is 2. The summed E-state index contributed by atoms with van der Waals surface area (Å²) in [5.74, 6) is -0.0549. The molecular weight excluding hydrogens is 239 g/mol. The Morgan fingerprint density at radius 3 is 3.06 bits per heavy atom. The van der Waals surface area contributed by atoms with Crippen molar-refractivity contribution in [3.05, 3.63) is 24.1 Å². The molecule has 2 aromatic rings. The first-order chi connectivity index (χ1) is 8.78. The predicted octanol–water partition coefficient (Wildman–Crippen LogP) is 1.56. The van der Waals surface area contributed by atoms with Gasteiger partial charge in [0.2, 0.25) is 5.88 Å². The van der Waals surface area contributed by atoms with E-state index in [1.54, 1.807) is 12.1 Å². The van der Waals surface area contributed by atoms with E-state index in [-0.39, 0.29) is 11.9 Å². The van der Waals surface area contributed by atoms with Crippen LogP contribution in [0.15, 0.2) is 18.3 Å². The van der Waals surface area contributed by atoms with E-state index in [9.17, 15) is 4.39 Å². The summed E-state index contributed by atoms with van der Waals surface area (Å²) < 4.78 is 29.2. The van der Waals surface area contributed by atoms with Gasteiger partial charge in [-0.2, -0.15) is 0 Å². The summed E-state index contributed by atoms with van der Waals surface area (Å²) in [4.78, 5) is 8.12. The normalized spacial score (nSPS) is 17.8. The van der Waals surface area contributed by atoms with Crippen molar-refractivity contribution in [2.24, 2.45) is 0 Å². The van der Waals surface area contributed by atoms with E-state index in [1.807, 2.05) is 0 Å². The first kappa shape index (κ1) is 11.2. The van der Waals surface area contributed by atoms with Gasteiger partial charge in [0.25, 0.3) is 0 Å². The van der Waals surface area contributed by atoms with Crippen molar-refractivity contribution < 1.29 is 18.6 Å². The molecule has 18 heavy (non-hydrogen) atoms. The lowest BCUT2D eigenvalue weighted by atomic mass is 10.3. The fraction of sp³-hybridized carbons (Fsp3) is 0.333. The minimum atomic E-state index is -0.538. The molecule has 0 spiro atoms. The molecule has 94 valence electrons. The van der Waals surface area contributed by atoms with Crippen LogP contribution in [-0.4, -0.2) is 36.4 Å². The largest absolute Gasteiger partial charge is 0.485 e. The number of hydrogen-bond donors (Lipinski definition) is 0. The zero-order chi connectivity index (χ0) is 12.5. The lowest BCUT2D eigenvalue weighted by Gasteiger charge is -2.09. The third-order valence-electron chi connectivity index (χ3n) is 2.62. The van der Waals surface area contributed by atoms with Crippen LogP contribution in [0.25, 0.3) is 11.0 Å². The standard InChI is InChI=1S/C12H11FN2O3/c1-16-10-3-2-9-11(15-10)12(8(13)4-14-9)18-6-7-5-17-7/h2-4,7H,5-6H2,1H3. The predicted molar refractivity (Wildman–Crippen MR) is 61.3 cm³/mol. The molecule has 6 heteroatoms. The maximum absolute atomic E-state index is 13.7. The molecule has 3 rings (SSSR count). The lowest BCUT2D eigenvalue weighted by molar-refractivity contribution is 0.255. The maximum Gasteiger partial charge on any atom is 0.213 e. The minimum Gasteiger partial charge on any atom is -0.485 e. The number of fused-ring (bicyclic) bond motifs is 1. The number of nitrogens with zero attached hydrogens (tertiary/aromatic N) is 2. The molecule has 3 heterocycles. The summed E-state index contributed by atoms with van der Waals surface area (Å²) in [5, 5.41) is 0. The van der Waals surface area contributed by atoms with Gasteiger partial charge < -0.3 is 14.2 Å². The second-order valence-electron chi connectivity index (χ2n) is 3.92. The van der Waals surface area contributed by atoms with E-state index < -0.39 is 5.82 Å². The van der Waals surface area contributed by atoms with Crippen molar-refractivity contribution in [3.63, 3.8) is 0 Å². The molecule has 1 fully saturated rings. The molecule has 1 unspecified atom stereocenters. The first-order valence-corrected chi connectivity index (χ1v) is 5.51. The van der Waals surface area contributed by atoms with Crippen LogP contribution < -0.4 is 9.47 Å². The highest BCUT2D eigenvalue weighted by molar-refractivity contribution is 5.81. The average Bonchev–Trinajstić information content (AvgIpc) is 3.21. The summed E-state index contributed by atoms with van der Waals surface area (Å²) in [5.41, 5.74) is 0.916. The van der Waals surface area contributed by atoms with Gasteiger partial charge in [0.1, 0.15) is 18.2 Å². The van der Waals surface area contributed by atoms with Crippen molar-refractivity contribution in [2.75, 3.05) is 20.3 Å². The van der Waals surface area contributed by atoms with Crippen LogP contribution >= 0.6 is 0 Å². The average molecular weight is 250 g/mol. The van der Waals surface area contributed by atoms with E-state index in [4.69, 9.17) is 14.2 Å². The van der Waals surface area contributed by atoms with Crippen molar-refractivity contribution in [3.8, 4) is 11.6 Å². The second-order valence-corrected chi connectivity index (χ2v) is 3.92. The van der Waals surface area contributed by atoms with Crippen LogP contribution in [0.4, 0.5) is 4.39 Å². The second kappa shape index (κ2) is 4.38. The SMILES string of the molecule is COc1ccc2ncc(F)c(OCC3CO3)c2n1. The van der Waals surface area contributed by atoms with Crippen LogP contribution in [0.1, 0.15) is 0 Å². The molecule has 2 aromatic heterocycles. The van der Waals surface area contributed by atoms with Gasteiger partial charge in [-0.25, -0.2) is 9.37 Å². The topological polar surface area (TPSA) is 56.8 Å². The molecule has 0 amide bonds. The molecule has 0 saturated carbocycles. The maximum atomic E-state index is 13.7. The number of methoxy groups -OCH3 is 1. The fourth-order valence-corrected chi connectivity index (χ4v) is 1.59. The highest BCUT2D eigenvalue weighted by Crippen LogP contribution is 2.28. The Kier molecular flexibility index (Phi) is 2.71. The molecule has 1 saturated heterocycles. The number of hydrogen-bond acceptors (Lipinski definition) is 5. The summed E-state index contributed by atoms with van der Waals surface area (Å²) >= 11 is 0. The van der Waals surface area contributed by atoms with E-state index in [1.165, 1.54) is 7.11 Å². The Labute approximate surface area is 103 Å². The van der Waals surface area contributed by atoms with E-state index in [0.29, 0.717) is 30.1 Å². The highest BCUT2D eigenvalue weighted by Gasteiger charge is 2.24. The Morgan fingerprint density at radius 2 is 2.33 bits per heavy atom. The van der Waals surface area contributed by atoms with Gasteiger partial charge in [0.15, 0.2) is 11.6 Å². The van der Waals surface area contributed by atoms with Crippen LogP contribution in [0.3, 0.4) is 0 Å². The van der Waals surface area contributed by atoms with Gasteiger partial charge in [-0.1, -0.05) is 0 Å². The Hall–Kier alpha value is -1.95. The molecule has 1 aliphatic rings. The van der Waals surface area contributed by atoms with Gasteiger partial charge in [-0.3, -0.25) is 4.98 Å². The van der Waals surface area contributed by atoms with Crippen molar-refractivity contribution in [1.82, 2.24) is 9.97 Å². The van der Waals surface area contributed by atoms with Gasteiger partial charge in [0, 0.05) is 6.07 Å². The number of halogens is 1. The molecule has 0 aliphatic carbocycles. The molecule has 1 atom stereocenters. The molecule has 0 radical (unpaired) electrons. The summed E-state index contributed by atoms with van der Waals surface area (Å²) in [6.45, 7) is 0.969. The first-order valence-electron chi connectivity index (χ1n) is 5.51. The van der Waals surface area contributed by atoms with Gasteiger partial charge >= 0.3 is 0 Å². The summed E-state index contributed by atoms with van der Waals surface area (Å²) in [7, 11) is 1.50. The number of ether oxygens (including phenoxy) is 3. The number of pyridine rings is 2. The van der Waals surface area contributed by atoms with Crippen LogP contribution in [0.5, 0.6) is 11.6 Å². The summed E-state index contributed by atoms with van der Waals surface area (Å²) in [6, 6.07) is 3.38. The molecule has 0 aromatic carbocycles. The number of epoxide rings is 1. The monoisotopic (exact) mass is 250 g/mol. The molecular formula is C12H11FN2O3. The van der Waals surface area contributed by atoms with Crippen molar-refractivity contribution >= 4 is 11.0 Å². The van der Waals surface area contributed by atoms with E-state index in [2.05, 4.69) is 9.97 Å². The highest BCUT2D eigenvalue weighted by atomic mass is 19.1. The number of rotatable bonds is 4. The van der Waals surface area contributed by atoms with Crippen molar-refractivity contribution in [2.45, 2.75) is 6.10 Å². The van der Waals surface area contributed by atoms with Crippen molar-refractivity contribution in [1.29, 1.82) is 0 Å². The summed E-state index contributed by atoms with van der Waals surface area (Å²) in [6.07, 6.45) is 1.18. The van der Waals surface area contributed by atoms with Gasteiger partial charge in [0.05, 0.1) is 25.4 Å². The Balaban J connectivity index is 2.03. The quantitative estimate of drug-likeness (QED) is 0.771. The fourth-order valence-electron chi connectivity index (χ4n) is 1.59. The minimum absolute atomic E-state index is 0.0539. The van der Waals surface area contributed by atoms with E-state index in [0.717, 1.165) is 6.20 Å². The van der Waals surface area contributed by atoms with Gasteiger partial charge in [-0.05, 0) is 6.07 Å².